The molecule has 2 amide bonds. The lowest BCUT2D eigenvalue weighted by molar-refractivity contribution is -0.126. The Morgan fingerprint density at radius 2 is 1.67 bits per heavy atom. The van der Waals surface area contributed by atoms with Gasteiger partial charge in [0.1, 0.15) is 0 Å². The molecule has 2 saturated heterocycles. The molecule has 0 unspecified atom stereocenters. The summed E-state index contributed by atoms with van der Waals surface area (Å²) in [5.41, 5.74) is 1.49. The van der Waals surface area contributed by atoms with E-state index in [2.05, 4.69) is 29.8 Å². The molecule has 0 aromatic heterocycles. The Balaban J connectivity index is 1.71. The minimum Gasteiger partial charge on any atom is -0.273 e. The predicted molar refractivity (Wildman–Crippen MR) is 121 cm³/mol. The van der Waals surface area contributed by atoms with Gasteiger partial charge in [-0.2, -0.15) is 0 Å². The molecule has 2 aliphatic rings. The van der Waals surface area contributed by atoms with Crippen LogP contribution < -0.4 is 9.96 Å². The van der Waals surface area contributed by atoms with Crippen LogP contribution in [0.1, 0.15) is 39.5 Å². The third kappa shape index (κ3) is 3.67. The third-order valence-corrected chi connectivity index (χ3v) is 6.72. The zero-order chi connectivity index (χ0) is 21.3. The Hall–Kier alpha value is -2.18. The second-order valence-electron chi connectivity index (χ2n) is 8.00. The summed E-state index contributed by atoms with van der Waals surface area (Å²) in [4.78, 5) is 34.3. The Labute approximate surface area is 186 Å². The van der Waals surface area contributed by atoms with Crippen LogP contribution in [0.15, 0.2) is 59.1 Å². The number of unbranched alkanes of at least 4 members (excludes halogenated alkanes) is 1. The highest BCUT2D eigenvalue weighted by atomic mass is 79.9. The summed E-state index contributed by atoms with van der Waals surface area (Å²) < 4.78 is 0.903. The van der Waals surface area contributed by atoms with Gasteiger partial charge in [0.05, 0.1) is 23.3 Å². The van der Waals surface area contributed by atoms with Crippen LogP contribution >= 0.6 is 15.9 Å². The number of hydroxylamine groups is 1. The van der Waals surface area contributed by atoms with Crippen LogP contribution in [0, 0.1) is 11.8 Å². The van der Waals surface area contributed by atoms with E-state index in [-0.39, 0.29) is 23.8 Å². The van der Waals surface area contributed by atoms with Crippen molar-refractivity contribution in [1.29, 1.82) is 0 Å². The van der Waals surface area contributed by atoms with Gasteiger partial charge in [0.15, 0.2) is 6.10 Å². The highest BCUT2D eigenvalue weighted by molar-refractivity contribution is 9.10. The fourth-order valence-electron chi connectivity index (χ4n) is 4.66. The van der Waals surface area contributed by atoms with Crippen molar-refractivity contribution in [1.82, 2.24) is 0 Å². The van der Waals surface area contributed by atoms with Crippen molar-refractivity contribution in [3.63, 3.8) is 0 Å². The van der Waals surface area contributed by atoms with E-state index in [4.69, 9.17) is 4.84 Å². The summed E-state index contributed by atoms with van der Waals surface area (Å²) in [6.07, 6.45) is 3.35. The Morgan fingerprint density at radius 1 is 0.967 bits per heavy atom. The average molecular weight is 471 g/mol. The van der Waals surface area contributed by atoms with Crippen molar-refractivity contribution in [2.24, 2.45) is 11.8 Å². The van der Waals surface area contributed by atoms with E-state index in [1.165, 1.54) is 4.90 Å². The molecule has 5 nitrogen and oxygen atoms in total. The molecule has 2 aliphatic heterocycles. The normalized spacial score (nSPS) is 24.4. The van der Waals surface area contributed by atoms with Crippen molar-refractivity contribution < 1.29 is 14.4 Å². The van der Waals surface area contributed by atoms with Gasteiger partial charge in [-0.15, -0.1) is 0 Å². The Bertz CT molecular complexity index is 902. The fraction of sp³-hybridized carbons (Fsp3) is 0.417. The van der Waals surface area contributed by atoms with Gasteiger partial charge in [-0.1, -0.05) is 67.2 Å². The van der Waals surface area contributed by atoms with E-state index in [1.54, 1.807) is 12.1 Å². The molecule has 4 rings (SSSR count). The number of para-hydroxylation sites is 1. The highest BCUT2D eigenvalue weighted by Crippen LogP contribution is 2.44. The fourth-order valence-corrected chi connectivity index (χ4v) is 4.93. The molecule has 0 saturated carbocycles. The molecule has 2 aromatic rings. The zero-order valence-electron chi connectivity index (χ0n) is 17.3. The number of anilines is 2. The summed E-state index contributed by atoms with van der Waals surface area (Å²) in [6.45, 7) is 4.33. The van der Waals surface area contributed by atoms with E-state index in [0.29, 0.717) is 5.69 Å². The van der Waals surface area contributed by atoms with Gasteiger partial charge in [0.25, 0.3) is 5.91 Å². The SMILES string of the molecule is CCCC[C@@H](CC)[C@@H]1[C@H]2C(=O)N(c3ccc(Br)cc3)C(=O)[C@H]2ON1c1ccccc1. The van der Waals surface area contributed by atoms with Gasteiger partial charge in [-0.25, -0.2) is 9.96 Å². The minimum atomic E-state index is -0.776. The summed E-state index contributed by atoms with van der Waals surface area (Å²) in [7, 11) is 0. The predicted octanol–water partition coefficient (Wildman–Crippen LogP) is 5.34. The molecule has 0 N–H and O–H groups in total. The highest BCUT2D eigenvalue weighted by Gasteiger charge is 2.61. The van der Waals surface area contributed by atoms with Crippen molar-refractivity contribution in [3.8, 4) is 0 Å². The van der Waals surface area contributed by atoms with E-state index in [0.717, 1.165) is 35.8 Å². The smallest absolute Gasteiger partial charge is 0.266 e. The van der Waals surface area contributed by atoms with E-state index in [1.807, 2.05) is 47.5 Å². The Morgan fingerprint density at radius 3 is 2.30 bits per heavy atom. The maximum absolute atomic E-state index is 13.6. The van der Waals surface area contributed by atoms with E-state index < -0.39 is 12.0 Å². The zero-order valence-corrected chi connectivity index (χ0v) is 18.9. The molecule has 4 atom stereocenters. The molecule has 0 bridgehead atoms. The maximum atomic E-state index is 13.6. The van der Waals surface area contributed by atoms with Crippen molar-refractivity contribution in [3.05, 3.63) is 59.1 Å². The molecule has 0 aliphatic carbocycles. The van der Waals surface area contributed by atoms with Crippen LogP contribution in [0.2, 0.25) is 0 Å². The number of rotatable bonds is 7. The third-order valence-electron chi connectivity index (χ3n) is 6.19. The molecule has 158 valence electrons. The van der Waals surface area contributed by atoms with Crippen molar-refractivity contribution in [2.75, 3.05) is 9.96 Å². The van der Waals surface area contributed by atoms with Gasteiger partial charge < -0.3 is 0 Å². The van der Waals surface area contributed by atoms with Gasteiger partial charge in [0.2, 0.25) is 5.91 Å². The van der Waals surface area contributed by atoms with Gasteiger partial charge in [0, 0.05) is 4.47 Å². The quantitative estimate of drug-likeness (QED) is 0.512. The summed E-state index contributed by atoms with van der Waals surface area (Å²) in [6, 6.07) is 16.9. The van der Waals surface area contributed by atoms with Crippen LogP contribution in [-0.4, -0.2) is 24.0 Å². The summed E-state index contributed by atoms with van der Waals surface area (Å²) in [5, 5.41) is 1.84. The summed E-state index contributed by atoms with van der Waals surface area (Å²) >= 11 is 3.41. The molecule has 0 spiro atoms. The number of nitrogens with zero attached hydrogens (tertiary/aromatic N) is 2. The van der Waals surface area contributed by atoms with Gasteiger partial charge in [-0.05, 0) is 48.7 Å². The lowest BCUT2D eigenvalue weighted by Gasteiger charge is -2.33. The van der Waals surface area contributed by atoms with Crippen LogP contribution in [-0.2, 0) is 14.4 Å². The second-order valence-corrected chi connectivity index (χ2v) is 8.92. The summed E-state index contributed by atoms with van der Waals surface area (Å²) in [5.74, 6) is -0.670. The van der Waals surface area contributed by atoms with Crippen molar-refractivity contribution in [2.45, 2.75) is 51.7 Å². The average Bonchev–Trinajstić information content (AvgIpc) is 3.27. The molecule has 30 heavy (non-hydrogen) atoms. The number of amides is 2. The number of carbonyl (C=O) groups is 2. The number of fused-ring (bicyclic) bond motifs is 1. The van der Waals surface area contributed by atoms with Crippen LogP contribution in [0.3, 0.4) is 0 Å². The molecule has 2 aromatic carbocycles. The second kappa shape index (κ2) is 8.90. The topological polar surface area (TPSA) is 49.9 Å². The first-order valence-corrected chi connectivity index (χ1v) is 11.5. The van der Waals surface area contributed by atoms with E-state index in [9.17, 15) is 9.59 Å². The number of imide groups is 1. The minimum absolute atomic E-state index is 0.161. The van der Waals surface area contributed by atoms with Crippen LogP contribution in [0.4, 0.5) is 11.4 Å². The lowest BCUT2D eigenvalue weighted by atomic mass is 9.82. The standard InChI is InChI=1S/C24H27BrN2O3/c1-3-5-9-16(4-2)21-20-22(30-27(21)19-10-7-6-8-11-19)24(29)26(23(20)28)18-14-12-17(25)13-15-18/h6-8,10-16,20-22H,3-5,9H2,1-2H3/t16-,20-,21-,22+/m1/s1. The van der Waals surface area contributed by atoms with Crippen LogP contribution in [0.5, 0.6) is 0 Å². The molecule has 2 fully saturated rings. The van der Waals surface area contributed by atoms with Gasteiger partial charge in [-0.3, -0.25) is 14.4 Å². The molecular formula is C24H27BrN2O3. The first-order valence-electron chi connectivity index (χ1n) is 10.7. The molecule has 0 radical (unpaired) electrons. The number of halogens is 1. The van der Waals surface area contributed by atoms with Gasteiger partial charge >= 0.3 is 0 Å². The van der Waals surface area contributed by atoms with Crippen LogP contribution in [0.25, 0.3) is 0 Å². The largest absolute Gasteiger partial charge is 0.273 e. The molecular weight excluding hydrogens is 444 g/mol. The molecule has 6 heteroatoms. The monoisotopic (exact) mass is 470 g/mol. The number of benzene rings is 2. The van der Waals surface area contributed by atoms with Crippen molar-refractivity contribution >= 4 is 39.1 Å². The molecule has 2 heterocycles. The lowest BCUT2D eigenvalue weighted by Crippen LogP contribution is -2.44. The maximum Gasteiger partial charge on any atom is 0.266 e. The number of hydrogen-bond donors (Lipinski definition) is 0. The first-order chi connectivity index (χ1) is 14.6. The number of carbonyl (C=O) groups excluding carboxylic acids is 2. The van der Waals surface area contributed by atoms with E-state index >= 15 is 0 Å². The first kappa shape index (κ1) is 21.1. The number of hydrogen-bond acceptors (Lipinski definition) is 4. The Kier molecular flexibility index (Phi) is 6.25.